The highest BCUT2D eigenvalue weighted by Crippen LogP contribution is 2.11. The number of pyridine rings is 1. The van der Waals surface area contributed by atoms with Crippen molar-refractivity contribution >= 4 is 11.8 Å². The van der Waals surface area contributed by atoms with Gasteiger partial charge in [0.05, 0.1) is 18.7 Å². The average molecular weight is 337 g/mol. The molecule has 0 spiro atoms. The van der Waals surface area contributed by atoms with Crippen molar-refractivity contribution in [2.45, 2.75) is 13.0 Å². The van der Waals surface area contributed by atoms with Crippen molar-refractivity contribution in [2.24, 2.45) is 5.73 Å². The number of carbonyl (C=O) groups is 2. The first-order chi connectivity index (χ1) is 12.1. The fraction of sp³-hybridized carbons (Fsp3) is 0.125. The van der Waals surface area contributed by atoms with E-state index in [1.165, 1.54) is 0 Å². The Kier molecular flexibility index (Phi) is 4.74. The SMILES string of the molecule is NC(=O)Cc1cccc(C(=O)NCc2ccc(-c3nn[nH]n3)cn2)c1. The minimum absolute atomic E-state index is 0.0974. The first-order valence-corrected chi connectivity index (χ1v) is 7.46. The minimum Gasteiger partial charge on any atom is -0.369 e. The van der Waals surface area contributed by atoms with Crippen LogP contribution in [0.1, 0.15) is 21.6 Å². The van der Waals surface area contributed by atoms with Crippen LogP contribution in [0.3, 0.4) is 0 Å². The third-order valence-electron chi connectivity index (χ3n) is 3.43. The van der Waals surface area contributed by atoms with Crippen molar-refractivity contribution in [1.82, 2.24) is 30.9 Å². The number of carbonyl (C=O) groups excluding carboxylic acids is 2. The van der Waals surface area contributed by atoms with Crippen molar-refractivity contribution in [3.63, 3.8) is 0 Å². The molecule has 0 aliphatic rings. The van der Waals surface area contributed by atoms with E-state index in [0.29, 0.717) is 22.6 Å². The molecule has 2 heterocycles. The Morgan fingerprint density at radius 2 is 2.08 bits per heavy atom. The van der Waals surface area contributed by atoms with Gasteiger partial charge in [-0.2, -0.15) is 5.21 Å². The van der Waals surface area contributed by atoms with Crippen LogP contribution in [0.15, 0.2) is 42.6 Å². The van der Waals surface area contributed by atoms with E-state index < -0.39 is 5.91 Å². The molecule has 0 bridgehead atoms. The van der Waals surface area contributed by atoms with E-state index in [0.717, 1.165) is 5.56 Å². The Labute approximate surface area is 142 Å². The summed E-state index contributed by atoms with van der Waals surface area (Å²) < 4.78 is 0. The van der Waals surface area contributed by atoms with E-state index in [1.54, 1.807) is 42.6 Å². The third kappa shape index (κ3) is 4.22. The van der Waals surface area contributed by atoms with Crippen molar-refractivity contribution in [3.05, 3.63) is 59.4 Å². The zero-order chi connectivity index (χ0) is 17.6. The molecule has 2 amide bonds. The van der Waals surface area contributed by atoms with E-state index in [2.05, 4.69) is 30.9 Å². The van der Waals surface area contributed by atoms with Gasteiger partial charge in [0.25, 0.3) is 5.91 Å². The Balaban J connectivity index is 1.61. The lowest BCUT2D eigenvalue weighted by molar-refractivity contribution is -0.117. The molecule has 0 saturated carbocycles. The highest BCUT2D eigenvalue weighted by molar-refractivity contribution is 5.94. The van der Waals surface area contributed by atoms with Gasteiger partial charge in [-0.25, -0.2) is 0 Å². The highest BCUT2D eigenvalue weighted by Gasteiger charge is 2.08. The fourth-order valence-corrected chi connectivity index (χ4v) is 2.24. The van der Waals surface area contributed by atoms with E-state index in [-0.39, 0.29) is 18.9 Å². The number of primary amides is 1. The number of amides is 2. The summed E-state index contributed by atoms with van der Waals surface area (Å²) in [6, 6.07) is 10.4. The number of benzene rings is 1. The molecule has 0 atom stereocenters. The monoisotopic (exact) mass is 337 g/mol. The number of aromatic amines is 1. The second kappa shape index (κ2) is 7.30. The van der Waals surface area contributed by atoms with Crippen LogP contribution in [0.4, 0.5) is 0 Å². The molecule has 9 nitrogen and oxygen atoms in total. The number of H-pyrrole nitrogens is 1. The van der Waals surface area contributed by atoms with Crippen LogP contribution in [0, 0.1) is 0 Å². The lowest BCUT2D eigenvalue weighted by Crippen LogP contribution is -2.23. The summed E-state index contributed by atoms with van der Waals surface area (Å²) in [5, 5.41) is 16.4. The van der Waals surface area contributed by atoms with Crippen LogP contribution in [-0.4, -0.2) is 37.4 Å². The predicted octanol–water partition coefficient (Wildman–Crippen LogP) is 0.219. The lowest BCUT2D eigenvalue weighted by atomic mass is 10.1. The van der Waals surface area contributed by atoms with Crippen LogP contribution in [0.25, 0.3) is 11.4 Å². The van der Waals surface area contributed by atoms with Gasteiger partial charge in [-0.1, -0.05) is 12.1 Å². The van der Waals surface area contributed by atoms with Crippen LogP contribution in [0.2, 0.25) is 0 Å². The standard InChI is InChI=1S/C16H15N7O2/c17-14(24)7-10-2-1-3-11(6-10)16(25)19-9-13-5-4-12(8-18-13)15-20-22-23-21-15/h1-6,8H,7,9H2,(H2,17,24)(H,19,25)(H,20,21,22,23). The van der Waals surface area contributed by atoms with Crippen LogP contribution >= 0.6 is 0 Å². The summed E-state index contributed by atoms with van der Waals surface area (Å²) in [4.78, 5) is 27.5. The van der Waals surface area contributed by atoms with Crippen LogP contribution in [-0.2, 0) is 17.8 Å². The van der Waals surface area contributed by atoms with Gasteiger partial charge in [-0.15, -0.1) is 10.2 Å². The van der Waals surface area contributed by atoms with Crippen LogP contribution in [0.5, 0.6) is 0 Å². The summed E-state index contributed by atoms with van der Waals surface area (Å²) in [6.45, 7) is 0.269. The van der Waals surface area contributed by atoms with Crippen LogP contribution < -0.4 is 11.1 Å². The normalized spacial score (nSPS) is 10.4. The van der Waals surface area contributed by atoms with E-state index in [4.69, 9.17) is 5.73 Å². The number of hydrogen-bond donors (Lipinski definition) is 3. The molecule has 0 radical (unpaired) electrons. The smallest absolute Gasteiger partial charge is 0.251 e. The number of aromatic nitrogens is 5. The van der Waals surface area contributed by atoms with Gasteiger partial charge in [0.2, 0.25) is 11.7 Å². The van der Waals surface area contributed by atoms with Gasteiger partial charge in [0.15, 0.2) is 0 Å². The summed E-state index contributed by atoms with van der Waals surface area (Å²) in [7, 11) is 0. The first-order valence-electron chi connectivity index (χ1n) is 7.46. The molecule has 0 unspecified atom stereocenters. The number of nitrogens with one attached hydrogen (secondary N) is 2. The number of rotatable bonds is 6. The molecular weight excluding hydrogens is 322 g/mol. The molecule has 0 saturated heterocycles. The van der Waals surface area contributed by atoms with Crippen molar-refractivity contribution in [3.8, 4) is 11.4 Å². The molecule has 1 aromatic carbocycles. The Bertz CT molecular complexity index is 876. The number of tetrazole rings is 1. The van der Waals surface area contributed by atoms with Gasteiger partial charge in [0.1, 0.15) is 0 Å². The van der Waals surface area contributed by atoms with Crippen molar-refractivity contribution in [1.29, 1.82) is 0 Å². The number of nitrogens with two attached hydrogens (primary N) is 1. The predicted molar refractivity (Wildman–Crippen MR) is 87.9 cm³/mol. The van der Waals surface area contributed by atoms with Gasteiger partial charge < -0.3 is 11.1 Å². The van der Waals surface area contributed by atoms with E-state index in [1.807, 2.05) is 0 Å². The largest absolute Gasteiger partial charge is 0.369 e. The fourth-order valence-electron chi connectivity index (χ4n) is 2.24. The van der Waals surface area contributed by atoms with Gasteiger partial charge in [-0.3, -0.25) is 14.6 Å². The molecule has 0 aliphatic carbocycles. The quantitative estimate of drug-likeness (QED) is 0.588. The van der Waals surface area contributed by atoms with Gasteiger partial charge >= 0.3 is 0 Å². The maximum Gasteiger partial charge on any atom is 0.251 e. The first kappa shape index (κ1) is 16.2. The Hall–Kier alpha value is -3.62. The second-order valence-electron chi connectivity index (χ2n) is 5.30. The molecule has 3 aromatic rings. The van der Waals surface area contributed by atoms with E-state index >= 15 is 0 Å². The molecule has 25 heavy (non-hydrogen) atoms. The third-order valence-corrected chi connectivity index (χ3v) is 3.43. The van der Waals surface area contributed by atoms with E-state index in [9.17, 15) is 9.59 Å². The lowest BCUT2D eigenvalue weighted by Gasteiger charge is -2.06. The van der Waals surface area contributed by atoms with Crippen molar-refractivity contribution < 1.29 is 9.59 Å². The molecule has 3 rings (SSSR count). The molecule has 2 aromatic heterocycles. The molecule has 0 fully saturated rings. The summed E-state index contributed by atoms with van der Waals surface area (Å²) in [5.41, 5.74) is 7.74. The average Bonchev–Trinajstić information content (AvgIpc) is 3.14. The number of nitrogens with zero attached hydrogens (tertiary/aromatic N) is 4. The molecular formula is C16H15N7O2. The minimum atomic E-state index is -0.441. The molecule has 4 N–H and O–H groups in total. The topological polar surface area (TPSA) is 140 Å². The zero-order valence-electron chi connectivity index (χ0n) is 13.1. The Morgan fingerprint density at radius 3 is 2.76 bits per heavy atom. The highest BCUT2D eigenvalue weighted by atomic mass is 16.2. The molecule has 126 valence electrons. The molecule has 9 heteroatoms. The summed E-state index contributed by atoms with van der Waals surface area (Å²) >= 11 is 0. The zero-order valence-corrected chi connectivity index (χ0v) is 13.1. The molecule has 0 aliphatic heterocycles. The van der Waals surface area contributed by atoms with Gasteiger partial charge in [0, 0.05) is 17.3 Å². The van der Waals surface area contributed by atoms with Gasteiger partial charge in [-0.05, 0) is 35.0 Å². The maximum absolute atomic E-state index is 12.2. The Morgan fingerprint density at radius 1 is 1.20 bits per heavy atom. The second-order valence-corrected chi connectivity index (χ2v) is 5.30. The number of hydrogen-bond acceptors (Lipinski definition) is 6. The summed E-state index contributed by atoms with van der Waals surface area (Å²) in [5.74, 6) is -0.242. The summed E-state index contributed by atoms with van der Waals surface area (Å²) in [6.07, 6.45) is 1.71. The van der Waals surface area contributed by atoms with Crippen molar-refractivity contribution in [2.75, 3.05) is 0 Å². The maximum atomic E-state index is 12.2.